The number of allylic oxidation sites excluding steroid dienone is 1. The lowest BCUT2D eigenvalue weighted by atomic mass is 10.1. The van der Waals surface area contributed by atoms with Crippen LogP contribution in [0.1, 0.15) is 30.1 Å². The number of amides is 1. The standard InChI is InChI=1S/C27H28FN5O3/c1-18(34)19-8-9-22(21(28)16-19)32-12-14-33(15-13-32)26(36)11-10-25(35)20(17-29)27-30(2)23-6-4-5-7-24(23)31(27)3/h4-9,16H,10-15H2,1-3H3. The number of hydrogen-bond donors (Lipinski definition) is 0. The Kier molecular flexibility index (Phi) is 7.06. The largest absolute Gasteiger partial charge is 0.366 e. The summed E-state index contributed by atoms with van der Waals surface area (Å²) in [6, 6.07) is 14.1. The van der Waals surface area contributed by atoms with E-state index in [0.717, 1.165) is 11.4 Å². The van der Waals surface area contributed by atoms with E-state index in [1.807, 2.05) is 59.1 Å². The molecule has 186 valence electrons. The number of carbonyl (C=O) groups is 3. The fourth-order valence-electron chi connectivity index (χ4n) is 4.74. The fraction of sp³-hybridized carbons (Fsp3) is 0.333. The Labute approximate surface area is 209 Å². The Balaban J connectivity index is 1.36. The highest BCUT2D eigenvalue weighted by atomic mass is 19.1. The molecule has 2 aliphatic rings. The SMILES string of the molecule is CC(=O)c1ccc(N2CCN(C(=O)CCC(=O)C(C#N)=C3N(C)c4ccccc4N3C)CC2)c(F)c1. The van der Waals surface area contributed by atoms with Gasteiger partial charge in [-0.3, -0.25) is 14.4 Å². The molecule has 0 bridgehead atoms. The first-order valence-electron chi connectivity index (χ1n) is 11.8. The summed E-state index contributed by atoms with van der Waals surface area (Å²) in [5.74, 6) is -0.708. The molecule has 0 spiro atoms. The molecule has 0 unspecified atom stereocenters. The highest BCUT2D eigenvalue weighted by Gasteiger charge is 2.31. The normalized spacial score (nSPS) is 15.0. The van der Waals surface area contributed by atoms with Crippen LogP contribution >= 0.6 is 0 Å². The molecule has 1 saturated heterocycles. The molecule has 4 rings (SSSR count). The van der Waals surface area contributed by atoms with Gasteiger partial charge in [0.1, 0.15) is 23.3 Å². The van der Waals surface area contributed by atoms with Crippen molar-refractivity contribution >= 4 is 34.5 Å². The zero-order chi connectivity index (χ0) is 26.0. The van der Waals surface area contributed by atoms with Crippen molar-refractivity contribution in [2.45, 2.75) is 19.8 Å². The van der Waals surface area contributed by atoms with E-state index in [0.29, 0.717) is 43.3 Å². The minimum absolute atomic E-state index is 0.000655. The number of benzene rings is 2. The summed E-state index contributed by atoms with van der Waals surface area (Å²) in [6.45, 7) is 3.07. The quantitative estimate of drug-likeness (QED) is 0.349. The summed E-state index contributed by atoms with van der Waals surface area (Å²) in [4.78, 5) is 44.3. The van der Waals surface area contributed by atoms with Gasteiger partial charge in [0.25, 0.3) is 0 Å². The first kappa shape index (κ1) is 24.9. The van der Waals surface area contributed by atoms with E-state index in [4.69, 9.17) is 0 Å². The van der Waals surface area contributed by atoms with E-state index in [2.05, 4.69) is 0 Å². The lowest BCUT2D eigenvalue weighted by Gasteiger charge is -2.36. The van der Waals surface area contributed by atoms with Crippen LogP contribution < -0.4 is 14.7 Å². The average Bonchev–Trinajstić information content (AvgIpc) is 3.13. The predicted molar refractivity (Wildman–Crippen MR) is 135 cm³/mol. The van der Waals surface area contributed by atoms with Crippen molar-refractivity contribution in [1.29, 1.82) is 5.26 Å². The molecule has 2 heterocycles. The topological polar surface area (TPSA) is 88.0 Å². The van der Waals surface area contributed by atoms with Crippen molar-refractivity contribution < 1.29 is 18.8 Å². The molecule has 2 aliphatic heterocycles. The van der Waals surface area contributed by atoms with Gasteiger partial charge in [0.2, 0.25) is 5.91 Å². The maximum Gasteiger partial charge on any atom is 0.223 e. The lowest BCUT2D eigenvalue weighted by Crippen LogP contribution is -2.49. The van der Waals surface area contributed by atoms with E-state index < -0.39 is 5.82 Å². The molecule has 1 fully saturated rings. The van der Waals surface area contributed by atoms with Crippen molar-refractivity contribution in [3.05, 3.63) is 65.2 Å². The minimum Gasteiger partial charge on any atom is -0.366 e. The summed E-state index contributed by atoms with van der Waals surface area (Å²) < 4.78 is 14.5. The van der Waals surface area contributed by atoms with Crippen LogP contribution in [0.3, 0.4) is 0 Å². The smallest absolute Gasteiger partial charge is 0.223 e. The molecule has 0 atom stereocenters. The van der Waals surface area contributed by atoms with Crippen molar-refractivity contribution in [2.24, 2.45) is 0 Å². The van der Waals surface area contributed by atoms with Crippen LogP contribution in [0.2, 0.25) is 0 Å². The first-order chi connectivity index (χ1) is 17.2. The summed E-state index contributed by atoms with van der Waals surface area (Å²) in [6.07, 6.45) is -0.0655. The number of anilines is 3. The average molecular weight is 490 g/mol. The van der Waals surface area contributed by atoms with Gasteiger partial charge < -0.3 is 19.6 Å². The van der Waals surface area contributed by atoms with E-state index in [-0.39, 0.29) is 35.9 Å². The molecule has 2 aromatic carbocycles. The fourth-order valence-corrected chi connectivity index (χ4v) is 4.74. The van der Waals surface area contributed by atoms with E-state index in [1.165, 1.54) is 13.0 Å². The van der Waals surface area contributed by atoms with Crippen LogP contribution in [0, 0.1) is 17.1 Å². The Bertz CT molecular complexity index is 1260. The number of rotatable bonds is 6. The highest BCUT2D eigenvalue weighted by molar-refractivity contribution is 6.03. The number of piperazine rings is 1. The van der Waals surface area contributed by atoms with Crippen LogP contribution in [-0.2, 0) is 9.59 Å². The third-order valence-electron chi connectivity index (χ3n) is 6.75. The first-order valence-corrected chi connectivity index (χ1v) is 11.8. The molecular formula is C27H28FN5O3. The summed E-state index contributed by atoms with van der Waals surface area (Å²) in [5, 5.41) is 9.76. The van der Waals surface area contributed by atoms with Crippen molar-refractivity contribution in [3.8, 4) is 6.07 Å². The highest BCUT2D eigenvalue weighted by Crippen LogP contribution is 2.40. The Morgan fingerprint density at radius 3 is 2.06 bits per heavy atom. The van der Waals surface area contributed by atoms with Gasteiger partial charge >= 0.3 is 0 Å². The van der Waals surface area contributed by atoms with E-state index >= 15 is 0 Å². The third-order valence-corrected chi connectivity index (χ3v) is 6.75. The Morgan fingerprint density at radius 1 is 0.917 bits per heavy atom. The second-order valence-corrected chi connectivity index (χ2v) is 8.93. The number of hydrogen-bond acceptors (Lipinski definition) is 7. The molecule has 2 aromatic rings. The third kappa shape index (κ3) is 4.67. The number of nitrogens with zero attached hydrogens (tertiary/aromatic N) is 5. The molecule has 0 N–H and O–H groups in total. The van der Waals surface area contributed by atoms with Gasteiger partial charge in [-0.1, -0.05) is 12.1 Å². The van der Waals surface area contributed by atoms with Crippen molar-refractivity contribution in [2.75, 3.05) is 55.0 Å². The molecule has 0 aromatic heterocycles. The van der Waals surface area contributed by atoms with Gasteiger partial charge in [-0.15, -0.1) is 0 Å². The predicted octanol–water partition coefficient (Wildman–Crippen LogP) is 3.35. The van der Waals surface area contributed by atoms with Crippen LogP contribution in [0.25, 0.3) is 0 Å². The molecule has 8 nitrogen and oxygen atoms in total. The second-order valence-electron chi connectivity index (χ2n) is 8.93. The van der Waals surface area contributed by atoms with Crippen LogP contribution in [-0.4, -0.2) is 62.6 Å². The maximum atomic E-state index is 14.5. The maximum absolute atomic E-state index is 14.5. The minimum atomic E-state index is -0.464. The van der Waals surface area contributed by atoms with Gasteiger partial charge in [0.15, 0.2) is 11.6 Å². The van der Waals surface area contributed by atoms with Gasteiger partial charge in [-0.2, -0.15) is 5.26 Å². The van der Waals surface area contributed by atoms with Crippen molar-refractivity contribution in [1.82, 2.24) is 4.90 Å². The number of para-hydroxylation sites is 2. The van der Waals surface area contributed by atoms with Gasteiger partial charge in [0.05, 0.1) is 17.1 Å². The van der Waals surface area contributed by atoms with Crippen LogP contribution in [0.4, 0.5) is 21.5 Å². The van der Waals surface area contributed by atoms with Gasteiger partial charge in [-0.25, -0.2) is 4.39 Å². The molecule has 0 radical (unpaired) electrons. The zero-order valence-corrected chi connectivity index (χ0v) is 20.6. The van der Waals surface area contributed by atoms with Gasteiger partial charge in [0, 0.05) is 58.7 Å². The van der Waals surface area contributed by atoms with Gasteiger partial charge in [-0.05, 0) is 37.3 Å². The molecule has 36 heavy (non-hydrogen) atoms. The zero-order valence-electron chi connectivity index (χ0n) is 20.6. The molecular weight excluding hydrogens is 461 g/mol. The summed E-state index contributed by atoms with van der Waals surface area (Å²) in [7, 11) is 3.62. The monoisotopic (exact) mass is 489 g/mol. The number of halogens is 1. The number of nitriles is 1. The number of fused-ring (bicyclic) bond motifs is 1. The summed E-state index contributed by atoms with van der Waals surface area (Å²) in [5.41, 5.74) is 2.55. The van der Waals surface area contributed by atoms with Crippen LogP contribution in [0.5, 0.6) is 0 Å². The number of carbonyl (C=O) groups excluding carboxylic acids is 3. The molecule has 9 heteroatoms. The molecule has 0 aliphatic carbocycles. The second kappa shape index (κ2) is 10.2. The van der Waals surface area contributed by atoms with E-state index in [1.54, 1.807) is 17.0 Å². The Morgan fingerprint density at radius 2 is 1.53 bits per heavy atom. The van der Waals surface area contributed by atoms with E-state index in [9.17, 15) is 24.0 Å². The molecule has 1 amide bonds. The van der Waals surface area contributed by atoms with Crippen molar-refractivity contribution in [3.63, 3.8) is 0 Å². The Hall–Kier alpha value is -4.19. The number of Topliss-reactive ketones (excluding diaryl/α,β-unsaturated/α-hetero) is 2. The molecule has 0 saturated carbocycles. The number of ketones is 2. The summed E-state index contributed by atoms with van der Waals surface area (Å²) >= 11 is 0. The van der Waals surface area contributed by atoms with Crippen LogP contribution in [0.15, 0.2) is 53.9 Å². The lowest BCUT2D eigenvalue weighted by molar-refractivity contribution is -0.133.